The molecule has 0 spiro atoms. The number of hydrogen-bond acceptors (Lipinski definition) is 3. The van der Waals surface area contributed by atoms with E-state index in [4.69, 9.17) is 5.11 Å². The molecule has 0 fully saturated rings. The van der Waals surface area contributed by atoms with Gasteiger partial charge in [-0.1, -0.05) is 0 Å². The van der Waals surface area contributed by atoms with Crippen LogP contribution >= 0.6 is 0 Å². The molecule has 3 N–H and O–H groups in total. The van der Waals surface area contributed by atoms with E-state index in [0.717, 1.165) is 12.1 Å². The van der Waals surface area contributed by atoms with E-state index in [1.807, 2.05) is 0 Å². The number of aliphatic hydroxyl groups excluding tert-OH is 1. The van der Waals surface area contributed by atoms with Crippen molar-refractivity contribution in [3.05, 3.63) is 42.2 Å². The summed E-state index contributed by atoms with van der Waals surface area (Å²) >= 11 is 0. The molecule has 2 amide bonds. The molecule has 0 aliphatic heterocycles. The van der Waals surface area contributed by atoms with Crippen LogP contribution in [0.5, 0.6) is 0 Å². The third-order valence-electron chi connectivity index (χ3n) is 3.24. The minimum Gasteiger partial charge on any atom is -0.396 e. The number of benzene rings is 1. The summed E-state index contributed by atoms with van der Waals surface area (Å²) < 4.78 is 39.0. The molecule has 6 nitrogen and oxygen atoms in total. The Morgan fingerprint density at radius 2 is 2.00 bits per heavy atom. The first-order valence-electron chi connectivity index (χ1n) is 7.20. The van der Waals surface area contributed by atoms with Crippen molar-refractivity contribution in [2.45, 2.75) is 25.6 Å². The quantitative estimate of drug-likeness (QED) is 0.782. The number of hydrogen-bond donors (Lipinski definition) is 3. The second kappa shape index (κ2) is 7.35. The van der Waals surface area contributed by atoms with E-state index in [9.17, 15) is 18.0 Å². The lowest BCUT2D eigenvalue weighted by Crippen LogP contribution is -2.36. The fourth-order valence-electron chi connectivity index (χ4n) is 1.99. The van der Waals surface area contributed by atoms with Gasteiger partial charge in [0, 0.05) is 12.6 Å². The summed E-state index contributed by atoms with van der Waals surface area (Å²) in [5.74, 6) is 0. The van der Waals surface area contributed by atoms with Crippen molar-refractivity contribution in [3.8, 4) is 5.69 Å². The molecule has 1 aromatic heterocycles. The number of nitrogens with one attached hydrogen (secondary N) is 2. The third-order valence-corrected chi connectivity index (χ3v) is 3.24. The molecule has 130 valence electrons. The number of alkyl halides is 3. The van der Waals surface area contributed by atoms with Gasteiger partial charge in [0.15, 0.2) is 0 Å². The number of nitrogens with zero attached hydrogens (tertiary/aromatic N) is 2. The van der Waals surface area contributed by atoms with Gasteiger partial charge in [0.1, 0.15) is 0 Å². The van der Waals surface area contributed by atoms with E-state index >= 15 is 0 Å². The molecule has 24 heavy (non-hydrogen) atoms. The van der Waals surface area contributed by atoms with Crippen molar-refractivity contribution in [1.29, 1.82) is 0 Å². The van der Waals surface area contributed by atoms with Gasteiger partial charge in [-0.25, -0.2) is 9.48 Å². The SMILES string of the molecule is C[C@H](CCO)NC(=O)Nc1cnn(-c2ccc(C(F)(F)F)cc2)c1. The van der Waals surface area contributed by atoms with Crippen LogP contribution in [-0.2, 0) is 6.18 Å². The number of halogens is 3. The Balaban J connectivity index is 2.01. The van der Waals surface area contributed by atoms with E-state index in [-0.39, 0.29) is 12.6 Å². The maximum absolute atomic E-state index is 12.5. The molecule has 1 atom stereocenters. The average Bonchev–Trinajstić information content (AvgIpc) is 2.95. The molecule has 0 saturated carbocycles. The highest BCUT2D eigenvalue weighted by atomic mass is 19.4. The lowest BCUT2D eigenvalue weighted by molar-refractivity contribution is -0.137. The molecular formula is C15H17F3N4O2. The number of carbonyl (C=O) groups excluding carboxylic acids is 1. The molecule has 0 bridgehead atoms. The van der Waals surface area contributed by atoms with Gasteiger partial charge in [0.2, 0.25) is 0 Å². The first-order chi connectivity index (χ1) is 11.3. The Kier molecular flexibility index (Phi) is 5.45. The van der Waals surface area contributed by atoms with Crippen LogP contribution in [0.1, 0.15) is 18.9 Å². The molecule has 2 rings (SSSR count). The Morgan fingerprint density at radius 1 is 1.33 bits per heavy atom. The monoisotopic (exact) mass is 342 g/mol. The summed E-state index contributed by atoms with van der Waals surface area (Å²) in [5, 5.41) is 18.0. The Hall–Kier alpha value is -2.55. The standard InChI is InChI=1S/C15H17F3N4O2/c1-10(6-7-23)20-14(24)21-12-8-19-22(9-12)13-4-2-11(3-5-13)15(16,17)18/h2-5,8-10,23H,6-7H2,1H3,(H2,20,21,24)/t10-/m1/s1. The Bertz CT molecular complexity index is 683. The minimum absolute atomic E-state index is 0.0344. The van der Waals surface area contributed by atoms with Crippen LogP contribution in [0.4, 0.5) is 23.7 Å². The Morgan fingerprint density at radius 3 is 2.58 bits per heavy atom. The first kappa shape index (κ1) is 17.8. The highest BCUT2D eigenvalue weighted by molar-refractivity contribution is 5.89. The summed E-state index contributed by atoms with van der Waals surface area (Å²) in [5.41, 5.74) is 0.0858. The normalized spacial score (nSPS) is 12.7. The highest BCUT2D eigenvalue weighted by Gasteiger charge is 2.30. The van der Waals surface area contributed by atoms with Crippen molar-refractivity contribution in [1.82, 2.24) is 15.1 Å². The maximum Gasteiger partial charge on any atom is 0.416 e. The molecule has 0 aliphatic rings. The van der Waals surface area contributed by atoms with Gasteiger partial charge in [-0.05, 0) is 37.6 Å². The molecule has 0 aliphatic carbocycles. The predicted octanol–water partition coefficient (Wildman–Crippen LogP) is 2.78. The van der Waals surface area contributed by atoms with Crippen LogP contribution < -0.4 is 10.6 Å². The Labute approximate surface area is 136 Å². The van der Waals surface area contributed by atoms with Crippen LogP contribution in [0.2, 0.25) is 0 Å². The lowest BCUT2D eigenvalue weighted by atomic mass is 10.2. The van der Waals surface area contributed by atoms with Crippen LogP contribution in [0.25, 0.3) is 5.69 Å². The van der Waals surface area contributed by atoms with Gasteiger partial charge in [0.25, 0.3) is 0 Å². The van der Waals surface area contributed by atoms with Crippen molar-refractivity contribution in [2.24, 2.45) is 0 Å². The van der Waals surface area contributed by atoms with Gasteiger partial charge >= 0.3 is 12.2 Å². The molecule has 0 unspecified atom stereocenters. The van der Waals surface area contributed by atoms with E-state index in [0.29, 0.717) is 17.8 Å². The average molecular weight is 342 g/mol. The molecule has 9 heteroatoms. The third kappa shape index (κ3) is 4.72. The summed E-state index contributed by atoms with van der Waals surface area (Å²) in [4.78, 5) is 11.7. The summed E-state index contributed by atoms with van der Waals surface area (Å²) in [6.45, 7) is 1.72. The van der Waals surface area contributed by atoms with Gasteiger partial charge in [-0.3, -0.25) is 0 Å². The fourth-order valence-corrected chi connectivity index (χ4v) is 1.99. The number of amides is 2. The second-order valence-corrected chi connectivity index (χ2v) is 5.23. The number of carbonyl (C=O) groups is 1. The van der Waals surface area contributed by atoms with Crippen molar-refractivity contribution in [2.75, 3.05) is 11.9 Å². The summed E-state index contributed by atoms with van der Waals surface area (Å²) in [7, 11) is 0. The largest absolute Gasteiger partial charge is 0.416 e. The smallest absolute Gasteiger partial charge is 0.396 e. The van der Waals surface area contributed by atoms with E-state index in [2.05, 4.69) is 15.7 Å². The molecule has 0 radical (unpaired) electrons. The fraction of sp³-hybridized carbons (Fsp3) is 0.333. The van der Waals surface area contributed by atoms with Gasteiger partial charge < -0.3 is 15.7 Å². The van der Waals surface area contributed by atoms with Crippen molar-refractivity contribution < 1.29 is 23.1 Å². The van der Waals surface area contributed by atoms with Crippen LogP contribution in [0.15, 0.2) is 36.7 Å². The number of anilines is 1. The van der Waals surface area contributed by atoms with E-state index in [1.165, 1.54) is 29.2 Å². The summed E-state index contributed by atoms with van der Waals surface area (Å²) in [6, 6.07) is 3.87. The zero-order valence-electron chi connectivity index (χ0n) is 12.8. The molecule has 0 saturated heterocycles. The van der Waals surface area contributed by atoms with Crippen LogP contribution in [0.3, 0.4) is 0 Å². The van der Waals surface area contributed by atoms with Crippen molar-refractivity contribution >= 4 is 11.7 Å². The number of urea groups is 1. The predicted molar refractivity (Wildman–Crippen MR) is 81.9 cm³/mol. The molecular weight excluding hydrogens is 325 g/mol. The van der Waals surface area contributed by atoms with E-state index < -0.39 is 17.8 Å². The maximum atomic E-state index is 12.5. The zero-order chi connectivity index (χ0) is 17.7. The van der Waals surface area contributed by atoms with Gasteiger partial charge in [-0.15, -0.1) is 0 Å². The van der Waals surface area contributed by atoms with Gasteiger partial charge in [-0.2, -0.15) is 18.3 Å². The second-order valence-electron chi connectivity index (χ2n) is 5.23. The van der Waals surface area contributed by atoms with Crippen molar-refractivity contribution in [3.63, 3.8) is 0 Å². The topological polar surface area (TPSA) is 79.2 Å². The molecule has 1 heterocycles. The molecule has 1 aromatic carbocycles. The van der Waals surface area contributed by atoms with Gasteiger partial charge in [0.05, 0.1) is 29.3 Å². The lowest BCUT2D eigenvalue weighted by Gasteiger charge is -2.12. The number of rotatable bonds is 5. The first-order valence-corrected chi connectivity index (χ1v) is 7.20. The number of aromatic nitrogens is 2. The summed E-state index contributed by atoms with van der Waals surface area (Å²) in [6.07, 6.45) is -1.09. The zero-order valence-corrected chi connectivity index (χ0v) is 12.8. The van der Waals surface area contributed by atoms with Crippen LogP contribution in [0, 0.1) is 0 Å². The number of aliphatic hydroxyl groups is 1. The minimum atomic E-state index is -4.39. The highest BCUT2D eigenvalue weighted by Crippen LogP contribution is 2.29. The van der Waals surface area contributed by atoms with Crippen LogP contribution in [-0.4, -0.2) is 33.6 Å². The molecule has 2 aromatic rings. The van der Waals surface area contributed by atoms with E-state index in [1.54, 1.807) is 6.92 Å².